The number of hydrogen-bond acceptors (Lipinski definition) is 5. The predicted octanol–water partition coefficient (Wildman–Crippen LogP) is 1.46. The summed E-state index contributed by atoms with van der Waals surface area (Å²) in [6, 6.07) is 0.157. The first-order chi connectivity index (χ1) is 8.61. The quantitative estimate of drug-likeness (QED) is 0.842. The van der Waals surface area contributed by atoms with Gasteiger partial charge in [0.25, 0.3) is 0 Å². The van der Waals surface area contributed by atoms with Gasteiger partial charge < -0.3 is 15.2 Å². The standard InChI is InChI=1S/C12H17N3O3/c1-7-10(13-6-14-11(7)18-2)15-9-4-3-8(5-9)12(16)17/h6,8-9H,3-5H2,1-2H3,(H,16,17)(H,13,14,15). The molecule has 2 rings (SSSR count). The van der Waals surface area contributed by atoms with Crippen molar-refractivity contribution in [1.29, 1.82) is 0 Å². The summed E-state index contributed by atoms with van der Waals surface area (Å²) in [5.74, 6) is 0.306. The molecule has 6 nitrogen and oxygen atoms in total. The van der Waals surface area contributed by atoms with Gasteiger partial charge in [-0.2, -0.15) is 0 Å². The molecule has 0 saturated heterocycles. The Kier molecular flexibility index (Phi) is 3.64. The molecule has 1 heterocycles. The maximum atomic E-state index is 10.9. The van der Waals surface area contributed by atoms with Crippen LogP contribution in [0.15, 0.2) is 6.33 Å². The average Bonchev–Trinajstić information content (AvgIpc) is 2.80. The van der Waals surface area contributed by atoms with Crippen LogP contribution in [0.2, 0.25) is 0 Å². The zero-order valence-corrected chi connectivity index (χ0v) is 10.5. The molecule has 0 amide bonds. The van der Waals surface area contributed by atoms with Gasteiger partial charge in [0.05, 0.1) is 18.6 Å². The van der Waals surface area contributed by atoms with Crippen LogP contribution in [0.1, 0.15) is 24.8 Å². The number of aliphatic carboxylic acids is 1. The molecular formula is C12H17N3O3. The van der Waals surface area contributed by atoms with Gasteiger partial charge in [-0.3, -0.25) is 4.79 Å². The van der Waals surface area contributed by atoms with Crippen LogP contribution in [-0.4, -0.2) is 34.2 Å². The maximum absolute atomic E-state index is 10.9. The van der Waals surface area contributed by atoms with Crippen molar-refractivity contribution in [2.45, 2.75) is 32.2 Å². The molecule has 1 saturated carbocycles. The average molecular weight is 251 g/mol. The van der Waals surface area contributed by atoms with E-state index in [2.05, 4.69) is 15.3 Å². The minimum Gasteiger partial charge on any atom is -0.481 e. The number of ether oxygens (including phenoxy) is 1. The van der Waals surface area contributed by atoms with Crippen molar-refractivity contribution in [1.82, 2.24) is 9.97 Å². The second-order valence-electron chi connectivity index (χ2n) is 4.55. The molecule has 2 atom stereocenters. The van der Waals surface area contributed by atoms with Crippen molar-refractivity contribution in [3.63, 3.8) is 0 Å². The Hall–Kier alpha value is -1.85. The van der Waals surface area contributed by atoms with E-state index in [1.54, 1.807) is 7.11 Å². The molecule has 1 aliphatic rings. The van der Waals surface area contributed by atoms with Crippen molar-refractivity contribution in [3.05, 3.63) is 11.9 Å². The molecule has 6 heteroatoms. The fourth-order valence-corrected chi connectivity index (χ4v) is 2.32. The minimum absolute atomic E-state index is 0.157. The molecule has 1 fully saturated rings. The number of aromatic nitrogens is 2. The summed E-state index contributed by atoms with van der Waals surface area (Å²) in [6.07, 6.45) is 3.65. The van der Waals surface area contributed by atoms with Crippen molar-refractivity contribution < 1.29 is 14.6 Å². The van der Waals surface area contributed by atoms with Crippen molar-refractivity contribution in [2.24, 2.45) is 5.92 Å². The highest BCUT2D eigenvalue weighted by Crippen LogP contribution is 2.29. The number of carboxylic acids is 1. The fraction of sp³-hybridized carbons (Fsp3) is 0.583. The van der Waals surface area contributed by atoms with E-state index in [-0.39, 0.29) is 12.0 Å². The van der Waals surface area contributed by atoms with E-state index >= 15 is 0 Å². The lowest BCUT2D eigenvalue weighted by atomic mass is 10.1. The van der Waals surface area contributed by atoms with E-state index in [4.69, 9.17) is 9.84 Å². The Morgan fingerprint density at radius 3 is 2.89 bits per heavy atom. The SMILES string of the molecule is COc1ncnc(NC2CCC(C(=O)O)C2)c1C. The van der Waals surface area contributed by atoms with Crippen LogP contribution in [0.3, 0.4) is 0 Å². The van der Waals surface area contributed by atoms with Crippen molar-refractivity contribution in [2.75, 3.05) is 12.4 Å². The first-order valence-corrected chi connectivity index (χ1v) is 5.96. The van der Waals surface area contributed by atoms with Crippen LogP contribution in [0.25, 0.3) is 0 Å². The Labute approximate surface area is 105 Å². The summed E-state index contributed by atoms with van der Waals surface area (Å²) < 4.78 is 5.12. The van der Waals surface area contributed by atoms with Crippen LogP contribution >= 0.6 is 0 Å². The lowest BCUT2D eigenvalue weighted by molar-refractivity contribution is -0.141. The molecule has 0 spiro atoms. The van der Waals surface area contributed by atoms with Crippen LogP contribution in [0.5, 0.6) is 5.88 Å². The highest BCUT2D eigenvalue weighted by molar-refractivity contribution is 5.70. The van der Waals surface area contributed by atoms with E-state index in [0.717, 1.165) is 17.8 Å². The lowest BCUT2D eigenvalue weighted by Gasteiger charge is -2.15. The number of nitrogens with one attached hydrogen (secondary N) is 1. The number of anilines is 1. The van der Waals surface area contributed by atoms with Gasteiger partial charge in [-0.15, -0.1) is 0 Å². The molecule has 0 aliphatic heterocycles. The lowest BCUT2D eigenvalue weighted by Crippen LogP contribution is -2.19. The molecule has 1 aromatic heterocycles. The number of rotatable bonds is 4. The largest absolute Gasteiger partial charge is 0.481 e. The van der Waals surface area contributed by atoms with Crippen LogP contribution in [-0.2, 0) is 4.79 Å². The molecular weight excluding hydrogens is 234 g/mol. The number of methoxy groups -OCH3 is 1. The third kappa shape index (κ3) is 2.52. The molecule has 0 aromatic carbocycles. The fourth-order valence-electron chi connectivity index (χ4n) is 2.32. The summed E-state index contributed by atoms with van der Waals surface area (Å²) in [5, 5.41) is 12.2. The van der Waals surface area contributed by atoms with E-state index in [9.17, 15) is 4.79 Å². The van der Waals surface area contributed by atoms with Gasteiger partial charge >= 0.3 is 5.97 Å². The zero-order valence-electron chi connectivity index (χ0n) is 10.5. The first-order valence-electron chi connectivity index (χ1n) is 5.96. The van der Waals surface area contributed by atoms with E-state index < -0.39 is 5.97 Å². The molecule has 0 bridgehead atoms. The zero-order chi connectivity index (χ0) is 13.1. The van der Waals surface area contributed by atoms with Gasteiger partial charge in [0.15, 0.2) is 0 Å². The second kappa shape index (κ2) is 5.20. The summed E-state index contributed by atoms with van der Waals surface area (Å²) in [5.41, 5.74) is 0.846. The minimum atomic E-state index is -0.712. The van der Waals surface area contributed by atoms with Gasteiger partial charge in [-0.1, -0.05) is 0 Å². The maximum Gasteiger partial charge on any atom is 0.306 e. The van der Waals surface area contributed by atoms with Crippen LogP contribution < -0.4 is 10.1 Å². The summed E-state index contributed by atoms with van der Waals surface area (Å²) in [7, 11) is 1.56. The number of carboxylic acid groups (broad SMARTS) is 1. The van der Waals surface area contributed by atoms with Gasteiger partial charge in [-0.05, 0) is 26.2 Å². The Morgan fingerprint density at radius 2 is 2.28 bits per heavy atom. The Balaban J connectivity index is 2.05. The number of nitrogens with zero attached hydrogens (tertiary/aromatic N) is 2. The molecule has 0 radical (unpaired) electrons. The van der Waals surface area contributed by atoms with E-state index in [0.29, 0.717) is 18.7 Å². The van der Waals surface area contributed by atoms with E-state index in [1.165, 1.54) is 6.33 Å². The highest BCUT2D eigenvalue weighted by Gasteiger charge is 2.30. The van der Waals surface area contributed by atoms with Gasteiger partial charge in [0, 0.05) is 6.04 Å². The highest BCUT2D eigenvalue weighted by atomic mass is 16.5. The van der Waals surface area contributed by atoms with Crippen LogP contribution in [0.4, 0.5) is 5.82 Å². The van der Waals surface area contributed by atoms with Crippen LogP contribution in [0, 0.1) is 12.8 Å². The van der Waals surface area contributed by atoms with Gasteiger partial charge in [0.1, 0.15) is 12.1 Å². The van der Waals surface area contributed by atoms with Gasteiger partial charge in [-0.25, -0.2) is 9.97 Å². The summed E-state index contributed by atoms with van der Waals surface area (Å²) in [4.78, 5) is 19.1. The molecule has 1 aromatic rings. The third-order valence-electron chi connectivity index (χ3n) is 3.35. The summed E-state index contributed by atoms with van der Waals surface area (Å²) in [6.45, 7) is 1.88. The normalized spacial score (nSPS) is 22.8. The molecule has 98 valence electrons. The van der Waals surface area contributed by atoms with Crippen molar-refractivity contribution >= 4 is 11.8 Å². The second-order valence-corrected chi connectivity index (χ2v) is 4.55. The molecule has 1 aliphatic carbocycles. The number of hydrogen-bond donors (Lipinski definition) is 2. The van der Waals surface area contributed by atoms with Gasteiger partial charge in [0.2, 0.25) is 5.88 Å². The Bertz CT molecular complexity index is 450. The predicted molar refractivity (Wildman–Crippen MR) is 65.7 cm³/mol. The van der Waals surface area contributed by atoms with E-state index in [1.807, 2.05) is 6.92 Å². The molecule has 2 N–H and O–H groups in total. The van der Waals surface area contributed by atoms with Crippen molar-refractivity contribution in [3.8, 4) is 5.88 Å². The molecule has 18 heavy (non-hydrogen) atoms. The Morgan fingerprint density at radius 1 is 1.50 bits per heavy atom. The number of carbonyl (C=O) groups is 1. The first kappa shape index (κ1) is 12.6. The molecule has 2 unspecified atom stereocenters. The monoisotopic (exact) mass is 251 g/mol. The third-order valence-corrected chi connectivity index (χ3v) is 3.35. The topological polar surface area (TPSA) is 84.3 Å². The summed E-state index contributed by atoms with van der Waals surface area (Å²) >= 11 is 0. The smallest absolute Gasteiger partial charge is 0.306 e.